The van der Waals surface area contributed by atoms with E-state index >= 15 is 0 Å². The standard InChI is InChI=1S/C19H24N2O2/c1-23-18-9-7-16(8-10-18)19(22)15-20-11-13-21(14-12-20)17-5-3-2-4-6-17/h2-10,19,22H,11-15H2,1H3. The van der Waals surface area contributed by atoms with Crippen LogP contribution in [0.15, 0.2) is 54.6 Å². The number of aliphatic hydroxyl groups is 1. The third-order valence-corrected chi connectivity index (χ3v) is 4.43. The van der Waals surface area contributed by atoms with Gasteiger partial charge in [-0.3, -0.25) is 4.90 Å². The Morgan fingerprint density at radius 1 is 0.957 bits per heavy atom. The molecule has 23 heavy (non-hydrogen) atoms. The van der Waals surface area contributed by atoms with Crippen LogP contribution in [0.2, 0.25) is 0 Å². The van der Waals surface area contributed by atoms with E-state index in [0.29, 0.717) is 6.54 Å². The quantitative estimate of drug-likeness (QED) is 0.920. The van der Waals surface area contributed by atoms with Gasteiger partial charge in [0.1, 0.15) is 5.75 Å². The van der Waals surface area contributed by atoms with Gasteiger partial charge in [0.15, 0.2) is 0 Å². The van der Waals surface area contributed by atoms with Gasteiger partial charge in [-0.25, -0.2) is 0 Å². The van der Waals surface area contributed by atoms with Crippen LogP contribution in [0.3, 0.4) is 0 Å². The zero-order valence-corrected chi connectivity index (χ0v) is 13.6. The van der Waals surface area contributed by atoms with Crippen molar-refractivity contribution in [2.24, 2.45) is 0 Å². The van der Waals surface area contributed by atoms with Gasteiger partial charge in [-0.05, 0) is 29.8 Å². The molecule has 1 fully saturated rings. The number of β-amino-alcohol motifs (C(OH)–C–C–N with tert-alkyl or cyclic N) is 1. The monoisotopic (exact) mass is 312 g/mol. The highest BCUT2D eigenvalue weighted by molar-refractivity contribution is 5.46. The number of piperazine rings is 1. The van der Waals surface area contributed by atoms with Gasteiger partial charge in [-0.2, -0.15) is 0 Å². The lowest BCUT2D eigenvalue weighted by atomic mass is 10.1. The van der Waals surface area contributed by atoms with Crippen LogP contribution in [0.5, 0.6) is 5.75 Å². The number of benzene rings is 2. The Kier molecular flexibility index (Phi) is 5.16. The summed E-state index contributed by atoms with van der Waals surface area (Å²) in [5, 5.41) is 10.4. The van der Waals surface area contributed by atoms with E-state index < -0.39 is 6.10 Å². The summed E-state index contributed by atoms with van der Waals surface area (Å²) in [6, 6.07) is 18.2. The van der Waals surface area contributed by atoms with Crippen molar-refractivity contribution >= 4 is 5.69 Å². The van der Waals surface area contributed by atoms with Gasteiger partial charge in [0, 0.05) is 38.4 Å². The molecule has 0 amide bonds. The molecule has 2 aromatic carbocycles. The highest BCUT2D eigenvalue weighted by atomic mass is 16.5. The molecule has 4 nitrogen and oxygen atoms in total. The molecule has 3 rings (SSSR count). The van der Waals surface area contributed by atoms with Crippen LogP contribution in [0.25, 0.3) is 0 Å². The number of hydrogen-bond acceptors (Lipinski definition) is 4. The molecule has 1 heterocycles. The number of para-hydroxylation sites is 1. The summed E-state index contributed by atoms with van der Waals surface area (Å²) >= 11 is 0. The van der Waals surface area contributed by atoms with Crippen LogP contribution < -0.4 is 9.64 Å². The van der Waals surface area contributed by atoms with Crippen LogP contribution in [0.1, 0.15) is 11.7 Å². The summed E-state index contributed by atoms with van der Waals surface area (Å²) in [5.41, 5.74) is 2.22. The second-order valence-corrected chi connectivity index (χ2v) is 5.91. The Hall–Kier alpha value is -2.04. The van der Waals surface area contributed by atoms with Crippen molar-refractivity contribution in [1.82, 2.24) is 4.90 Å². The zero-order chi connectivity index (χ0) is 16.1. The summed E-state index contributed by atoms with van der Waals surface area (Å²) in [4.78, 5) is 4.73. The number of aliphatic hydroxyl groups excluding tert-OH is 1. The zero-order valence-electron chi connectivity index (χ0n) is 13.6. The molecule has 1 saturated heterocycles. The molecule has 2 aromatic rings. The lowest BCUT2D eigenvalue weighted by Crippen LogP contribution is -2.47. The maximum atomic E-state index is 10.4. The van der Waals surface area contributed by atoms with E-state index in [9.17, 15) is 5.11 Å². The average molecular weight is 312 g/mol. The Labute approximate surface area is 137 Å². The first kappa shape index (κ1) is 15.8. The number of ether oxygens (including phenoxy) is 1. The molecule has 0 spiro atoms. The molecule has 0 saturated carbocycles. The summed E-state index contributed by atoms with van der Waals surface area (Å²) in [6.45, 7) is 4.62. The molecule has 122 valence electrons. The molecule has 0 radical (unpaired) electrons. The molecule has 1 N–H and O–H groups in total. The Bertz CT molecular complexity index is 593. The van der Waals surface area contributed by atoms with Gasteiger partial charge in [0.25, 0.3) is 0 Å². The molecule has 0 bridgehead atoms. The summed E-state index contributed by atoms with van der Waals surface area (Å²) < 4.78 is 5.16. The van der Waals surface area contributed by atoms with Gasteiger partial charge in [0.2, 0.25) is 0 Å². The van der Waals surface area contributed by atoms with Gasteiger partial charge >= 0.3 is 0 Å². The molecule has 1 unspecified atom stereocenters. The predicted octanol–water partition coefficient (Wildman–Crippen LogP) is 2.55. The fourth-order valence-corrected chi connectivity index (χ4v) is 3.00. The van der Waals surface area contributed by atoms with Crippen molar-refractivity contribution in [3.8, 4) is 5.75 Å². The van der Waals surface area contributed by atoms with Crippen molar-refractivity contribution in [2.75, 3.05) is 44.7 Å². The van der Waals surface area contributed by atoms with E-state index in [4.69, 9.17) is 4.74 Å². The number of nitrogens with zero attached hydrogens (tertiary/aromatic N) is 2. The van der Waals surface area contributed by atoms with E-state index in [1.165, 1.54) is 5.69 Å². The van der Waals surface area contributed by atoms with Crippen molar-refractivity contribution in [3.05, 3.63) is 60.2 Å². The van der Waals surface area contributed by atoms with Crippen LogP contribution >= 0.6 is 0 Å². The molecule has 1 aliphatic heterocycles. The van der Waals surface area contributed by atoms with E-state index in [1.54, 1.807) is 7.11 Å². The number of methoxy groups -OCH3 is 1. The molecule has 4 heteroatoms. The maximum absolute atomic E-state index is 10.4. The van der Waals surface area contributed by atoms with Gasteiger partial charge in [-0.15, -0.1) is 0 Å². The van der Waals surface area contributed by atoms with Crippen LogP contribution in [-0.2, 0) is 0 Å². The first-order chi connectivity index (χ1) is 11.3. The Morgan fingerprint density at radius 3 is 2.22 bits per heavy atom. The van der Waals surface area contributed by atoms with E-state index in [-0.39, 0.29) is 0 Å². The topological polar surface area (TPSA) is 35.9 Å². The number of rotatable bonds is 5. The maximum Gasteiger partial charge on any atom is 0.118 e. The first-order valence-electron chi connectivity index (χ1n) is 8.10. The lowest BCUT2D eigenvalue weighted by molar-refractivity contribution is 0.109. The van der Waals surface area contributed by atoms with Crippen LogP contribution in [0.4, 0.5) is 5.69 Å². The van der Waals surface area contributed by atoms with Crippen molar-refractivity contribution in [2.45, 2.75) is 6.10 Å². The summed E-state index contributed by atoms with van der Waals surface area (Å²) in [6.07, 6.45) is -0.454. The highest BCUT2D eigenvalue weighted by Crippen LogP contribution is 2.20. The van der Waals surface area contributed by atoms with Crippen molar-refractivity contribution < 1.29 is 9.84 Å². The van der Waals surface area contributed by atoms with Gasteiger partial charge in [0.05, 0.1) is 13.2 Å². The normalized spacial score (nSPS) is 17.0. The van der Waals surface area contributed by atoms with E-state index in [0.717, 1.165) is 37.5 Å². The minimum atomic E-state index is -0.454. The lowest BCUT2D eigenvalue weighted by Gasteiger charge is -2.37. The smallest absolute Gasteiger partial charge is 0.118 e. The Balaban J connectivity index is 1.51. The summed E-state index contributed by atoms with van der Waals surface area (Å²) in [7, 11) is 1.65. The highest BCUT2D eigenvalue weighted by Gasteiger charge is 2.20. The van der Waals surface area contributed by atoms with Crippen molar-refractivity contribution in [1.29, 1.82) is 0 Å². The minimum Gasteiger partial charge on any atom is -0.497 e. The average Bonchev–Trinajstić information content (AvgIpc) is 2.63. The third-order valence-electron chi connectivity index (χ3n) is 4.43. The van der Waals surface area contributed by atoms with E-state index in [1.807, 2.05) is 30.3 Å². The fourth-order valence-electron chi connectivity index (χ4n) is 3.00. The SMILES string of the molecule is COc1ccc(C(O)CN2CCN(c3ccccc3)CC2)cc1. The number of hydrogen-bond donors (Lipinski definition) is 1. The second kappa shape index (κ2) is 7.49. The second-order valence-electron chi connectivity index (χ2n) is 5.91. The first-order valence-corrected chi connectivity index (χ1v) is 8.10. The molecule has 0 aliphatic carbocycles. The minimum absolute atomic E-state index is 0.454. The fraction of sp³-hybridized carbons (Fsp3) is 0.368. The predicted molar refractivity (Wildman–Crippen MR) is 93.0 cm³/mol. The van der Waals surface area contributed by atoms with E-state index in [2.05, 4.69) is 34.1 Å². The summed E-state index contributed by atoms with van der Waals surface area (Å²) in [5.74, 6) is 0.817. The molecular formula is C19H24N2O2. The molecule has 1 aliphatic rings. The van der Waals surface area contributed by atoms with Crippen LogP contribution in [-0.4, -0.2) is 49.8 Å². The largest absolute Gasteiger partial charge is 0.497 e. The molecular weight excluding hydrogens is 288 g/mol. The third kappa shape index (κ3) is 4.03. The van der Waals surface area contributed by atoms with Crippen LogP contribution in [0, 0.1) is 0 Å². The number of anilines is 1. The van der Waals surface area contributed by atoms with Crippen molar-refractivity contribution in [3.63, 3.8) is 0 Å². The Morgan fingerprint density at radius 2 is 1.61 bits per heavy atom. The molecule has 1 atom stereocenters. The molecule has 0 aromatic heterocycles. The van der Waals surface area contributed by atoms with Gasteiger partial charge in [-0.1, -0.05) is 30.3 Å². The van der Waals surface area contributed by atoms with Gasteiger partial charge < -0.3 is 14.7 Å².